The third-order valence-electron chi connectivity index (χ3n) is 2.68. The summed E-state index contributed by atoms with van der Waals surface area (Å²) >= 11 is 11.8. The van der Waals surface area contributed by atoms with Crippen LogP contribution in [0.15, 0.2) is 28.2 Å². The number of halogens is 2. The van der Waals surface area contributed by atoms with E-state index in [9.17, 15) is 8.42 Å². The largest absolute Gasteiger partial charge is 0.252 e. The van der Waals surface area contributed by atoms with Gasteiger partial charge in [0.25, 0.3) is 0 Å². The van der Waals surface area contributed by atoms with E-state index in [4.69, 9.17) is 23.2 Å². The summed E-state index contributed by atoms with van der Waals surface area (Å²) in [7, 11) is -3.06. The molecule has 7 heteroatoms. The minimum atomic E-state index is -3.06. The Morgan fingerprint density at radius 3 is 2.56 bits per heavy atom. The summed E-state index contributed by atoms with van der Waals surface area (Å²) in [4.78, 5) is 8.84. The molecule has 0 bridgehead atoms. The van der Waals surface area contributed by atoms with Crippen molar-refractivity contribution in [1.29, 1.82) is 0 Å². The van der Waals surface area contributed by atoms with Crippen molar-refractivity contribution >= 4 is 33.0 Å². The Kier molecular flexibility index (Phi) is 3.67. The van der Waals surface area contributed by atoms with Crippen LogP contribution in [0.25, 0.3) is 0 Å². The molecule has 98 valence electrons. The molecule has 0 saturated carbocycles. The van der Waals surface area contributed by atoms with E-state index in [0.717, 1.165) is 0 Å². The van der Waals surface area contributed by atoms with Gasteiger partial charge in [0, 0.05) is 17.7 Å². The summed E-state index contributed by atoms with van der Waals surface area (Å²) in [5.74, 6) is 0.156. The third kappa shape index (κ3) is 3.02. The second kappa shape index (κ2) is 4.79. The molecule has 0 aromatic heterocycles. The smallest absolute Gasteiger partial charge is 0.165 e. The lowest BCUT2D eigenvalue weighted by molar-refractivity contribution is 0.479. The lowest BCUT2D eigenvalue weighted by Crippen LogP contribution is -2.28. The molecule has 0 fully saturated rings. The zero-order valence-electron chi connectivity index (χ0n) is 9.73. The first-order chi connectivity index (χ1) is 8.34. The van der Waals surface area contributed by atoms with Crippen molar-refractivity contribution in [2.24, 2.45) is 9.98 Å². The number of rotatable bonds is 4. The highest BCUT2D eigenvalue weighted by Crippen LogP contribution is 2.22. The fourth-order valence-electron chi connectivity index (χ4n) is 1.74. The molecule has 1 heterocycles. The third-order valence-corrected chi connectivity index (χ3v) is 4.29. The summed E-state index contributed by atoms with van der Waals surface area (Å²) in [5, 5.41) is 1.94. The maximum absolute atomic E-state index is 11.2. The van der Waals surface area contributed by atoms with Crippen LogP contribution in [0.1, 0.15) is 6.42 Å². The van der Waals surface area contributed by atoms with E-state index < -0.39 is 15.5 Å². The van der Waals surface area contributed by atoms with Crippen LogP contribution in [-0.2, 0) is 9.84 Å². The van der Waals surface area contributed by atoms with E-state index >= 15 is 0 Å². The molecule has 1 aromatic carbocycles. The Hall–Kier alpha value is -0.650. The molecule has 1 aliphatic heterocycles. The summed E-state index contributed by atoms with van der Waals surface area (Å²) in [6.07, 6.45) is 1.47. The topological polar surface area (TPSA) is 58.9 Å². The van der Waals surface area contributed by atoms with Crippen molar-refractivity contribution in [2.45, 2.75) is 12.1 Å². The fourth-order valence-corrected chi connectivity index (χ4v) is 2.86. The second-order valence-corrected chi connectivity index (χ2v) is 7.32. The van der Waals surface area contributed by atoms with Crippen LogP contribution in [0.5, 0.6) is 0 Å². The molecule has 0 N–H and O–H groups in total. The highest BCUT2D eigenvalue weighted by molar-refractivity contribution is 7.90. The van der Waals surface area contributed by atoms with Gasteiger partial charge in [-0.1, -0.05) is 11.6 Å². The van der Waals surface area contributed by atoms with Crippen molar-refractivity contribution < 1.29 is 8.42 Å². The molecule has 0 saturated heterocycles. The molecule has 1 atom stereocenters. The van der Waals surface area contributed by atoms with Gasteiger partial charge in [-0.05, 0) is 18.2 Å². The summed E-state index contributed by atoms with van der Waals surface area (Å²) in [6, 6.07) is 5.19. The lowest BCUT2D eigenvalue weighted by Gasteiger charge is -2.19. The Bertz CT molecular complexity index is 687. The normalized spacial score (nSPS) is 22.2. The molecular formula is C11H12Cl2N2O2S. The van der Waals surface area contributed by atoms with Crippen molar-refractivity contribution in [1.82, 2.24) is 0 Å². The van der Waals surface area contributed by atoms with Crippen molar-refractivity contribution in [3.05, 3.63) is 33.9 Å². The molecule has 0 radical (unpaired) electrons. The highest BCUT2D eigenvalue weighted by atomic mass is 35.5. The van der Waals surface area contributed by atoms with Gasteiger partial charge in [-0.25, -0.2) is 8.42 Å². The molecule has 0 aliphatic carbocycles. The van der Waals surface area contributed by atoms with Crippen LogP contribution < -0.4 is 10.7 Å². The number of alkyl halides is 1. The van der Waals surface area contributed by atoms with Gasteiger partial charge in [0.2, 0.25) is 0 Å². The maximum atomic E-state index is 11.2. The summed E-state index contributed by atoms with van der Waals surface area (Å²) < 4.78 is 22.5. The SMILES string of the molecule is CS(=O)(=O)CCC1(CCl)N=c2ccc(Cl)cc2=N1. The number of sulfone groups is 1. The van der Waals surface area contributed by atoms with E-state index in [1.807, 2.05) is 0 Å². The molecule has 1 aliphatic rings. The van der Waals surface area contributed by atoms with Crippen LogP contribution in [0.2, 0.25) is 5.02 Å². The highest BCUT2D eigenvalue weighted by Gasteiger charge is 2.31. The van der Waals surface area contributed by atoms with Gasteiger partial charge < -0.3 is 0 Å². The average Bonchev–Trinajstić information content (AvgIpc) is 2.64. The van der Waals surface area contributed by atoms with Crippen LogP contribution in [0, 0.1) is 0 Å². The molecule has 0 amide bonds. The van der Waals surface area contributed by atoms with Crippen LogP contribution >= 0.6 is 23.2 Å². The first-order valence-electron chi connectivity index (χ1n) is 5.33. The number of benzene rings is 1. The molecule has 18 heavy (non-hydrogen) atoms. The van der Waals surface area contributed by atoms with Gasteiger partial charge in [0.15, 0.2) is 5.66 Å². The van der Waals surface area contributed by atoms with E-state index in [-0.39, 0.29) is 18.1 Å². The molecular weight excluding hydrogens is 295 g/mol. The standard InChI is InChI=1S/C11H12Cl2N2O2S/c1-18(16,17)5-4-11(7-12)14-9-3-2-8(13)6-10(9)15-11/h2-3,6H,4-5,7H2,1H3. The number of hydrogen-bond donors (Lipinski definition) is 0. The number of nitrogens with zero attached hydrogens (tertiary/aromatic N) is 2. The van der Waals surface area contributed by atoms with Gasteiger partial charge in [0.05, 0.1) is 22.3 Å². The lowest BCUT2D eigenvalue weighted by atomic mass is 10.2. The molecule has 2 rings (SSSR count). The first-order valence-corrected chi connectivity index (χ1v) is 8.30. The molecule has 1 unspecified atom stereocenters. The predicted octanol–water partition coefficient (Wildman–Crippen LogP) is 0.963. The molecule has 1 aromatic rings. The van der Waals surface area contributed by atoms with E-state index in [1.54, 1.807) is 18.2 Å². The monoisotopic (exact) mass is 306 g/mol. The van der Waals surface area contributed by atoms with Crippen molar-refractivity contribution in [2.75, 3.05) is 17.9 Å². The zero-order valence-corrected chi connectivity index (χ0v) is 12.1. The first kappa shape index (κ1) is 13.8. The number of fused-ring (bicyclic) bond motifs is 1. The van der Waals surface area contributed by atoms with Crippen LogP contribution in [-0.4, -0.2) is 32.0 Å². The average molecular weight is 307 g/mol. The summed E-state index contributed by atoms with van der Waals surface area (Å²) in [6.45, 7) is 0. The van der Waals surface area contributed by atoms with Gasteiger partial charge >= 0.3 is 0 Å². The van der Waals surface area contributed by atoms with Gasteiger partial charge in [-0.2, -0.15) is 0 Å². The van der Waals surface area contributed by atoms with Gasteiger partial charge in [-0.15, -0.1) is 11.6 Å². The second-order valence-electron chi connectivity index (χ2n) is 4.35. The fraction of sp³-hybridized carbons (Fsp3) is 0.455. The predicted molar refractivity (Wildman–Crippen MR) is 71.5 cm³/mol. The van der Waals surface area contributed by atoms with Gasteiger partial charge in [0.1, 0.15) is 9.84 Å². The Morgan fingerprint density at radius 1 is 1.28 bits per heavy atom. The van der Waals surface area contributed by atoms with E-state index in [1.165, 1.54) is 6.26 Å². The van der Waals surface area contributed by atoms with Crippen LogP contribution in [0.3, 0.4) is 0 Å². The summed E-state index contributed by atoms with van der Waals surface area (Å²) in [5.41, 5.74) is -0.877. The Morgan fingerprint density at radius 2 is 1.94 bits per heavy atom. The Labute approximate surface area is 115 Å². The number of hydrogen-bond acceptors (Lipinski definition) is 4. The van der Waals surface area contributed by atoms with Crippen molar-refractivity contribution in [3.63, 3.8) is 0 Å². The zero-order chi connectivity index (χ0) is 13.4. The van der Waals surface area contributed by atoms with Gasteiger partial charge in [-0.3, -0.25) is 9.98 Å². The Balaban J connectivity index is 2.38. The molecule has 4 nitrogen and oxygen atoms in total. The van der Waals surface area contributed by atoms with E-state index in [0.29, 0.717) is 15.7 Å². The van der Waals surface area contributed by atoms with Crippen LogP contribution in [0.4, 0.5) is 0 Å². The minimum Gasteiger partial charge on any atom is -0.252 e. The minimum absolute atomic E-state index is 0.00837. The molecule has 0 spiro atoms. The maximum Gasteiger partial charge on any atom is 0.165 e. The van der Waals surface area contributed by atoms with Crippen molar-refractivity contribution in [3.8, 4) is 0 Å². The quantitative estimate of drug-likeness (QED) is 0.778. The van der Waals surface area contributed by atoms with E-state index in [2.05, 4.69) is 9.98 Å².